The fraction of sp³-hybridized carbons (Fsp3) is 0.333. The van der Waals surface area contributed by atoms with Crippen molar-refractivity contribution in [2.45, 2.75) is 13.0 Å². The number of carboxylic acid groups (broad SMARTS) is 1. The number of ether oxygens (including phenoxy) is 1. The number of hydrogen-bond donors (Lipinski definition) is 1. The zero-order valence-corrected chi connectivity index (χ0v) is 14.8. The molecule has 0 aliphatic carbocycles. The first-order valence-electron chi connectivity index (χ1n) is 6.68. The van der Waals surface area contributed by atoms with Crippen LogP contribution in [0.5, 0.6) is 5.75 Å². The summed E-state index contributed by atoms with van der Waals surface area (Å²) in [6, 6.07) is 5.81. The molecule has 118 valence electrons. The number of hydrogen-bond acceptors (Lipinski definition) is 5. The van der Waals surface area contributed by atoms with Gasteiger partial charge in [-0.1, -0.05) is 15.9 Å². The minimum absolute atomic E-state index is 0.132. The van der Waals surface area contributed by atoms with E-state index in [2.05, 4.69) is 20.9 Å². The summed E-state index contributed by atoms with van der Waals surface area (Å²) in [5.41, 5.74) is 1.87. The summed E-state index contributed by atoms with van der Waals surface area (Å²) in [5.74, 6) is -0.00646. The van der Waals surface area contributed by atoms with E-state index in [1.165, 1.54) is 0 Å². The first kappa shape index (κ1) is 16.9. The number of carbonyl (C=O) groups is 1. The molecular weight excluding hydrogens is 368 g/mol. The fourth-order valence-corrected chi connectivity index (χ4v) is 3.19. The molecule has 1 aromatic heterocycles. The topological polar surface area (TPSA) is 62.7 Å². The van der Waals surface area contributed by atoms with Gasteiger partial charge in [-0.15, -0.1) is 11.3 Å². The molecule has 0 aliphatic rings. The van der Waals surface area contributed by atoms with Crippen LogP contribution in [0.2, 0.25) is 0 Å². The van der Waals surface area contributed by atoms with Gasteiger partial charge in [0.05, 0.1) is 24.8 Å². The van der Waals surface area contributed by atoms with Crippen molar-refractivity contribution in [3.05, 3.63) is 33.7 Å². The summed E-state index contributed by atoms with van der Waals surface area (Å²) in [5, 5.41) is 11.6. The molecule has 2 aromatic rings. The average Bonchev–Trinajstić information content (AvgIpc) is 2.93. The highest BCUT2D eigenvalue weighted by atomic mass is 79.9. The van der Waals surface area contributed by atoms with Crippen LogP contribution in [0.4, 0.5) is 0 Å². The summed E-state index contributed by atoms with van der Waals surface area (Å²) >= 11 is 5.01. The molecule has 1 heterocycles. The molecule has 22 heavy (non-hydrogen) atoms. The minimum atomic E-state index is -0.787. The Balaban J connectivity index is 2.11. The van der Waals surface area contributed by atoms with Crippen LogP contribution in [-0.2, 0) is 11.3 Å². The minimum Gasteiger partial charge on any atom is -0.496 e. The number of aliphatic carboxylic acids is 1. The Morgan fingerprint density at radius 2 is 2.27 bits per heavy atom. The van der Waals surface area contributed by atoms with E-state index in [0.29, 0.717) is 13.1 Å². The van der Waals surface area contributed by atoms with Gasteiger partial charge in [-0.25, -0.2) is 4.98 Å². The van der Waals surface area contributed by atoms with Gasteiger partial charge in [0.15, 0.2) is 0 Å². The first-order valence-corrected chi connectivity index (χ1v) is 8.35. The van der Waals surface area contributed by atoms with Crippen LogP contribution in [0.15, 0.2) is 28.1 Å². The highest BCUT2D eigenvalue weighted by Crippen LogP contribution is 2.34. The second-order valence-corrected chi connectivity index (χ2v) is 6.64. The molecular formula is C15H17BrN2O3S. The average molecular weight is 385 g/mol. The Bertz CT molecular complexity index is 660. The van der Waals surface area contributed by atoms with E-state index >= 15 is 0 Å². The van der Waals surface area contributed by atoms with E-state index in [0.717, 1.165) is 26.5 Å². The lowest BCUT2D eigenvalue weighted by molar-refractivity contribution is -0.137. The third-order valence-corrected chi connectivity index (χ3v) is 4.50. The van der Waals surface area contributed by atoms with E-state index in [1.807, 2.05) is 35.5 Å². The fourth-order valence-electron chi connectivity index (χ4n) is 1.99. The summed E-state index contributed by atoms with van der Waals surface area (Å²) in [7, 11) is 3.53. The van der Waals surface area contributed by atoms with Crippen molar-refractivity contribution in [3.63, 3.8) is 0 Å². The zero-order valence-electron chi connectivity index (χ0n) is 12.4. The summed E-state index contributed by atoms with van der Waals surface area (Å²) < 4.78 is 6.35. The van der Waals surface area contributed by atoms with Crippen molar-refractivity contribution in [1.29, 1.82) is 0 Å². The number of rotatable bonds is 7. The van der Waals surface area contributed by atoms with Gasteiger partial charge in [-0.3, -0.25) is 9.69 Å². The standard InChI is InChI=1S/C15H17BrN2O3S/c1-18(6-5-14(19)20)8-11-9-22-15(17-11)12-7-10(16)3-4-13(12)21-2/h3-4,7,9H,5-6,8H2,1-2H3,(H,19,20). The van der Waals surface area contributed by atoms with Gasteiger partial charge in [0, 0.05) is 22.9 Å². The highest BCUT2D eigenvalue weighted by Gasteiger charge is 2.12. The van der Waals surface area contributed by atoms with Crippen molar-refractivity contribution >= 4 is 33.2 Å². The smallest absolute Gasteiger partial charge is 0.304 e. The lowest BCUT2D eigenvalue weighted by Crippen LogP contribution is -2.21. The molecule has 1 aromatic carbocycles. The molecule has 2 rings (SSSR count). The molecule has 0 saturated carbocycles. The maximum atomic E-state index is 10.6. The van der Waals surface area contributed by atoms with Gasteiger partial charge < -0.3 is 9.84 Å². The lowest BCUT2D eigenvalue weighted by Gasteiger charge is -2.13. The van der Waals surface area contributed by atoms with Crippen molar-refractivity contribution in [2.24, 2.45) is 0 Å². The van der Waals surface area contributed by atoms with Crippen LogP contribution in [0, 0.1) is 0 Å². The Labute approximate surface area is 141 Å². The Hall–Kier alpha value is -1.44. The predicted octanol–water partition coefficient (Wildman–Crippen LogP) is 3.49. The maximum Gasteiger partial charge on any atom is 0.304 e. The number of aromatic nitrogens is 1. The van der Waals surface area contributed by atoms with Crippen molar-refractivity contribution in [1.82, 2.24) is 9.88 Å². The van der Waals surface area contributed by atoms with Gasteiger partial charge >= 0.3 is 5.97 Å². The monoisotopic (exact) mass is 384 g/mol. The van der Waals surface area contributed by atoms with E-state index in [1.54, 1.807) is 18.4 Å². The quantitative estimate of drug-likeness (QED) is 0.791. The molecule has 0 amide bonds. The predicted molar refractivity (Wildman–Crippen MR) is 90.4 cm³/mol. The van der Waals surface area contributed by atoms with E-state index < -0.39 is 5.97 Å². The SMILES string of the molecule is COc1ccc(Br)cc1-c1nc(CN(C)CCC(=O)O)cs1. The molecule has 5 nitrogen and oxygen atoms in total. The highest BCUT2D eigenvalue weighted by molar-refractivity contribution is 9.10. The van der Waals surface area contributed by atoms with Crippen LogP contribution in [0.3, 0.4) is 0 Å². The maximum absolute atomic E-state index is 10.6. The van der Waals surface area contributed by atoms with Crippen LogP contribution in [0.25, 0.3) is 10.6 Å². The Kier molecular flexibility index (Phi) is 5.93. The normalized spacial score (nSPS) is 10.9. The summed E-state index contributed by atoms with van der Waals surface area (Å²) in [4.78, 5) is 17.2. The molecule has 0 aliphatic heterocycles. The molecule has 0 saturated heterocycles. The molecule has 1 N–H and O–H groups in total. The number of nitrogens with zero attached hydrogens (tertiary/aromatic N) is 2. The first-order chi connectivity index (χ1) is 10.5. The number of thiazole rings is 1. The Morgan fingerprint density at radius 1 is 1.50 bits per heavy atom. The summed E-state index contributed by atoms with van der Waals surface area (Å²) in [6.07, 6.45) is 0.132. The second-order valence-electron chi connectivity index (χ2n) is 4.87. The molecule has 0 atom stereocenters. The van der Waals surface area contributed by atoms with Gasteiger partial charge in [-0.05, 0) is 25.2 Å². The van der Waals surface area contributed by atoms with Gasteiger partial charge in [0.1, 0.15) is 10.8 Å². The van der Waals surface area contributed by atoms with Crippen molar-refractivity contribution in [3.8, 4) is 16.3 Å². The van der Waals surface area contributed by atoms with Gasteiger partial charge in [0.25, 0.3) is 0 Å². The van der Waals surface area contributed by atoms with Gasteiger partial charge in [-0.2, -0.15) is 0 Å². The third-order valence-electron chi connectivity index (χ3n) is 3.08. The summed E-state index contributed by atoms with van der Waals surface area (Å²) in [6.45, 7) is 1.13. The largest absolute Gasteiger partial charge is 0.496 e. The zero-order chi connectivity index (χ0) is 16.1. The molecule has 0 bridgehead atoms. The number of methoxy groups -OCH3 is 1. The van der Waals surface area contributed by atoms with Crippen molar-refractivity contribution in [2.75, 3.05) is 20.7 Å². The van der Waals surface area contributed by atoms with Crippen molar-refractivity contribution < 1.29 is 14.6 Å². The molecule has 0 radical (unpaired) electrons. The van der Waals surface area contributed by atoms with E-state index in [9.17, 15) is 4.79 Å². The van der Waals surface area contributed by atoms with Crippen LogP contribution < -0.4 is 4.74 Å². The van der Waals surface area contributed by atoms with Crippen LogP contribution >= 0.6 is 27.3 Å². The van der Waals surface area contributed by atoms with Crippen LogP contribution in [0.1, 0.15) is 12.1 Å². The molecule has 7 heteroatoms. The number of benzene rings is 1. The molecule has 0 fully saturated rings. The number of carboxylic acids is 1. The Morgan fingerprint density at radius 3 is 2.95 bits per heavy atom. The second kappa shape index (κ2) is 7.71. The van der Waals surface area contributed by atoms with E-state index in [-0.39, 0.29) is 6.42 Å². The molecule has 0 unspecified atom stereocenters. The number of halogens is 1. The van der Waals surface area contributed by atoms with E-state index in [4.69, 9.17) is 9.84 Å². The van der Waals surface area contributed by atoms with Crippen LogP contribution in [-0.4, -0.2) is 41.7 Å². The molecule has 0 spiro atoms. The van der Waals surface area contributed by atoms with Gasteiger partial charge in [0.2, 0.25) is 0 Å². The third kappa shape index (κ3) is 4.53. The lowest BCUT2D eigenvalue weighted by atomic mass is 10.2.